The Morgan fingerprint density at radius 1 is 0.677 bits per heavy atom. The van der Waals surface area contributed by atoms with E-state index in [-0.39, 0.29) is 17.4 Å². The number of anilines is 2. The van der Waals surface area contributed by atoms with Gasteiger partial charge in [0.05, 0.1) is 16.8 Å². The number of nitrogens with one attached hydrogen (secondary N) is 1. The zero-order chi connectivity index (χ0) is 21.6. The maximum Gasteiger partial charge on any atom is 0.256 e. The molecule has 1 heterocycles. The molecule has 5 nitrogen and oxygen atoms in total. The minimum atomic E-state index is -0.523. The summed E-state index contributed by atoms with van der Waals surface area (Å²) in [6.45, 7) is 1.80. The van der Waals surface area contributed by atoms with Crippen molar-refractivity contribution in [1.29, 1.82) is 0 Å². The molecular formula is C25H24FN3O2. The van der Waals surface area contributed by atoms with Crippen LogP contribution in [0.25, 0.3) is 0 Å². The van der Waals surface area contributed by atoms with Crippen LogP contribution in [0.15, 0.2) is 78.9 Å². The molecule has 1 saturated heterocycles. The Bertz CT molecular complexity index is 1070. The standard InChI is InChI=1S/C25H24FN3O2/c26-22-13-6-4-11-20(22)24(30)28-15-8-16-29(18-17-28)25(31)21-12-5-7-14-23(21)27-19-9-2-1-3-10-19/h1-7,9-14,27H,8,15-18H2. The fourth-order valence-electron chi connectivity index (χ4n) is 3.75. The Morgan fingerprint density at radius 2 is 1.23 bits per heavy atom. The van der Waals surface area contributed by atoms with E-state index >= 15 is 0 Å². The van der Waals surface area contributed by atoms with Crippen LogP contribution in [-0.2, 0) is 0 Å². The van der Waals surface area contributed by atoms with Crippen molar-refractivity contribution in [3.05, 3.63) is 95.8 Å². The Hall–Kier alpha value is -3.67. The Morgan fingerprint density at radius 3 is 1.90 bits per heavy atom. The highest BCUT2D eigenvalue weighted by Gasteiger charge is 2.25. The summed E-state index contributed by atoms with van der Waals surface area (Å²) in [5.74, 6) is -0.941. The quantitative estimate of drug-likeness (QED) is 0.677. The zero-order valence-corrected chi connectivity index (χ0v) is 17.1. The summed E-state index contributed by atoms with van der Waals surface area (Å²) < 4.78 is 14.0. The topological polar surface area (TPSA) is 52.7 Å². The molecule has 1 aliphatic rings. The van der Waals surface area contributed by atoms with Gasteiger partial charge in [0.2, 0.25) is 0 Å². The van der Waals surface area contributed by atoms with E-state index < -0.39 is 5.82 Å². The number of benzene rings is 3. The third-order valence-electron chi connectivity index (χ3n) is 5.38. The lowest BCUT2D eigenvalue weighted by Crippen LogP contribution is -2.37. The van der Waals surface area contributed by atoms with E-state index in [4.69, 9.17) is 0 Å². The molecule has 0 saturated carbocycles. The number of carbonyl (C=O) groups is 2. The Labute approximate surface area is 181 Å². The van der Waals surface area contributed by atoms with E-state index in [0.717, 1.165) is 11.4 Å². The molecule has 4 rings (SSSR count). The molecule has 0 atom stereocenters. The van der Waals surface area contributed by atoms with Crippen LogP contribution in [0.1, 0.15) is 27.1 Å². The second-order valence-corrected chi connectivity index (χ2v) is 7.45. The number of carbonyl (C=O) groups excluding carboxylic acids is 2. The van der Waals surface area contributed by atoms with E-state index in [9.17, 15) is 14.0 Å². The zero-order valence-electron chi connectivity index (χ0n) is 17.1. The molecule has 31 heavy (non-hydrogen) atoms. The second-order valence-electron chi connectivity index (χ2n) is 7.45. The first-order chi connectivity index (χ1) is 15.1. The summed E-state index contributed by atoms with van der Waals surface area (Å²) >= 11 is 0. The van der Waals surface area contributed by atoms with Gasteiger partial charge < -0.3 is 15.1 Å². The van der Waals surface area contributed by atoms with E-state index in [0.29, 0.717) is 38.2 Å². The highest BCUT2D eigenvalue weighted by Crippen LogP contribution is 2.23. The van der Waals surface area contributed by atoms with Gasteiger partial charge >= 0.3 is 0 Å². The molecule has 1 fully saturated rings. The summed E-state index contributed by atoms with van der Waals surface area (Å²) in [6, 6.07) is 23.1. The van der Waals surface area contributed by atoms with Crippen molar-refractivity contribution in [3.63, 3.8) is 0 Å². The Kier molecular flexibility index (Phi) is 6.26. The van der Waals surface area contributed by atoms with Crippen molar-refractivity contribution in [2.24, 2.45) is 0 Å². The van der Waals surface area contributed by atoms with Crippen LogP contribution in [0.2, 0.25) is 0 Å². The van der Waals surface area contributed by atoms with Gasteiger partial charge in [-0.3, -0.25) is 9.59 Å². The fourth-order valence-corrected chi connectivity index (χ4v) is 3.75. The van der Waals surface area contributed by atoms with Gasteiger partial charge in [-0.1, -0.05) is 42.5 Å². The third-order valence-corrected chi connectivity index (χ3v) is 5.38. The van der Waals surface area contributed by atoms with Crippen molar-refractivity contribution in [1.82, 2.24) is 9.80 Å². The number of hydrogen-bond acceptors (Lipinski definition) is 3. The molecule has 0 unspecified atom stereocenters. The normalized spacial score (nSPS) is 14.1. The summed E-state index contributed by atoms with van der Waals surface area (Å²) in [5.41, 5.74) is 2.29. The lowest BCUT2D eigenvalue weighted by Gasteiger charge is -2.23. The SMILES string of the molecule is O=C(c1ccccc1F)N1CCCN(C(=O)c2ccccc2Nc2ccccc2)CC1. The van der Waals surface area contributed by atoms with Gasteiger partial charge in [0.15, 0.2) is 0 Å². The van der Waals surface area contributed by atoms with E-state index in [1.165, 1.54) is 12.1 Å². The molecule has 1 aliphatic heterocycles. The maximum absolute atomic E-state index is 14.0. The molecular weight excluding hydrogens is 393 g/mol. The van der Waals surface area contributed by atoms with E-state index in [1.54, 1.807) is 28.0 Å². The van der Waals surface area contributed by atoms with Crippen LogP contribution in [0.5, 0.6) is 0 Å². The van der Waals surface area contributed by atoms with Gasteiger partial charge in [0.1, 0.15) is 5.82 Å². The minimum Gasteiger partial charge on any atom is -0.355 e. The molecule has 0 aromatic heterocycles. The predicted octanol–water partition coefficient (Wildman–Crippen LogP) is 4.56. The number of rotatable bonds is 4. The van der Waals surface area contributed by atoms with Crippen molar-refractivity contribution >= 4 is 23.2 Å². The largest absolute Gasteiger partial charge is 0.355 e. The molecule has 0 spiro atoms. The van der Waals surface area contributed by atoms with Crippen LogP contribution >= 0.6 is 0 Å². The number of para-hydroxylation sites is 2. The number of halogens is 1. The first-order valence-corrected chi connectivity index (χ1v) is 10.4. The highest BCUT2D eigenvalue weighted by molar-refractivity contribution is 6.00. The van der Waals surface area contributed by atoms with Crippen LogP contribution in [0.4, 0.5) is 15.8 Å². The number of amides is 2. The minimum absolute atomic E-state index is 0.0692. The van der Waals surface area contributed by atoms with Crippen molar-refractivity contribution in [3.8, 4) is 0 Å². The van der Waals surface area contributed by atoms with Crippen LogP contribution in [0, 0.1) is 5.82 Å². The smallest absolute Gasteiger partial charge is 0.256 e. The second kappa shape index (κ2) is 9.43. The van der Waals surface area contributed by atoms with Gasteiger partial charge in [-0.25, -0.2) is 4.39 Å². The van der Waals surface area contributed by atoms with Crippen molar-refractivity contribution in [2.75, 3.05) is 31.5 Å². The molecule has 158 valence electrons. The van der Waals surface area contributed by atoms with Gasteiger partial charge in [0.25, 0.3) is 11.8 Å². The summed E-state index contributed by atoms with van der Waals surface area (Å²) in [6.07, 6.45) is 0.639. The molecule has 6 heteroatoms. The van der Waals surface area contributed by atoms with Gasteiger partial charge in [-0.05, 0) is 42.8 Å². The molecule has 3 aromatic carbocycles. The maximum atomic E-state index is 14.0. The molecule has 1 N–H and O–H groups in total. The number of hydrogen-bond donors (Lipinski definition) is 1. The Balaban J connectivity index is 1.47. The molecule has 0 radical (unpaired) electrons. The first-order valence-electron chi connectivity index (χ1n) is 10.4. The molecule has 0 bridgehead atoms. The van der Waals surface area contributed by atoms with Crippen LogP contribution in [-0.4, -0.2) is 47.8 Å². The molecule has 0 aliphatic carbocycles. The van der Waals surface area contributed by atoms with E-state index in [1.807, 2.05) is 48.5 Å². The fraction of sp³-hybridized carbons (Fsp3) is 0.200. The monoisotopic (exact) mass is 417 g/mol. The van der Waals surface area contributed by atoms with Gasteiger partial charge in [-0.15, -0.1) is 0 Å². The number of nitrogens with zero attached hydrogens (tertiary/aromatic N) is 2. The predicted molar refractivity (Wildman–Crippen MR) is 119 cm³/mol. The summed E-state index contributed by atoms with van der Waals surface area (Å²) in [4.78, 5) is 29.4. The first kappa shape index (κ1) is 20.6. The third kappa shape index (κ3) is 4.74. The average molecular weight is 417 g/mol. The molecule has 2 amide bonds. The summed E-state index contributed by atoms with van der Waals surface area (Å²) in [5, 5.41) is 3.31. The van der Waals surface area contributed by atoms with Crippen molar-refractivity contribution in [2.45, 2.75) is 6.42 Å². The highest BCUT2D eigenvalue weighted by atomic mass is 19.1. The lowest BCUT2D eigenvalue weighted by atomic mass is 10.1. The van der Waals surface area contributed by atoms with Gasteiger partial charge in [-0.2, -0.15) is 0 Å². The summed E-state index contributed by atoms with van der Waals surface area (Å²) in [7, 11) is 0. The van der Waals surface area contributed by atoms with Crippen LogP contribution in [0.3, 0.4) is 0 Å². The lowest BCUT2D eigenvalue weighted by molar-refractivity contribution is 0.0716. The van der Waals surface area contributed by atoms with E-state index in [2.05, 4.69) is 5.32 Å². The molecule has 3 aromatic rings. The van der Waals surface area contributed by atoms with Crippen molar-refractivity contribution < 1.29 is 14.0 Å². The van der Waals surface area contributed by atoms with Crippen LogP contribution < -0.4 is 5.32 Å². The van der Waals surface area contributed by atoms with Gasteiger partial charge in [0, 0.05) is 31.9 Å². The average Bonchev–Trinajstić information content (AvgIpc) is 3.06.